The average Bonchev–Trinajstić information content (AvgIpc) is 3.46. The summed E-state index contributed by atoms with van der Waals surface area (Å²) in [5.74, 6) is 0.949. The zero-order chi connectivity index (χ0) is 18.3. The van der Waals surface area contributed by atoms with E-state index in [1.165, 1.54) is 0 Å². The largest absolute Gasteiger partial charge is 0.494 e. The van der Waals surface area contributed by atoms with Gasteiger partial charge < -0.3 is 19.8 Å². The molecule has 0 amide bonds. The number of ether oxygens (including phenoxy) is 1. The predicted molar refractivity (Wildman–Crippen MR) is 98.5 cm³/mol. The minimum Gasteiger partial charge on any atom is -0.494 e. The van der Waals surface area contributed by atoms with Crippen molar-refractivity contribution in [2.45, 2.75) is 31.8 Å². The molecule has 2 N–H and O–H groups in total. The predicted octanol–water partition coefficient (Wildman–Crippen LogP) is 2.69. The Morgan fingerprint density at radius 2 is 2.12 bits per heavy atom. The molecule has 1 aliphatic heterocycles. The third kappa shape index (κ3) is 2.88. The van der Waals surface area contributed by atoms with Crippen LogP contribution in [-0.4, -0.2) is 47.5 Å². The number of hydrogen-bond donors (Lipinski definition) is 2. The first-order valence-electron chi connectivity index (χ1n) is 9.14. The molecule has 2 aromatic rings. The molecule has 0 radical (unpaired) electrons. The minimum absolute atomic E-state index is 0.285. The van der Waals surface area contributed by atoms with Gasteiger partial charge in [-0.3, -0.25) is 4.79 Å². The lowest BCUT2D eigenvalue weighted by atomic mass is 9.73. The lowest BCUT2D eigenvalue weighted by Gasteiger charge is -2.44. The molecule has 1 saturated heterocycles. The van der Waals surface area contributed by atoms with Crippen molar-refractivity contribution in [3.05, 3.63) is 30.3 Å². The summed E-state index contributed by atoms with van der Waals surface area (Å²) in [7, 11) is 1.62. The van der Waals surface area contributed by atoms with E-state index >= 15 is 0 Å². The van der Waals surface area contributed by atoms with Gasteiger partial charge in [0.1, 0.15) is 22.5 Å². The average molecular weight is 356 g/mol. The van der Waals surface area contributed by atoms with Crippen LogP contribution in [0.3, 0.4) is 0 Å². The summed E-state index contributed by atoms with van der Waals surface area (Å²) in [4.78, 5) is 18.8. The summed E-state index contributed by atoms with van der Waals surface area (Å²) in [6.45, 7) is 0.877. The van der Waals surface area contributed by atoms with Gasteiger partial charge in [-0.2, -0.15) is 0 Å². The number of carboxylic acid groups (broad SMARTS) is 1. The summed E-state index contributed by atoms with van der Waals surface area (Å²) in [6.07, 6.45) is 2.29. The number of piperidine rings is 1. The van der Waals surface area contributed by atoms with Crippen molar-refractivity contribution in [3.8, 4) is 5.75 Å². The topological polar surface area (TPSA) is 82.9 Å². The Labute approximate surface area is 152 Å². The normalized spacial score (nSPS) is 26.1. The Bertz CT molecular complexity index is 836. The van der Waals surface area contributed by atoms with Crippen molar-refractivity contribution < 1.29 is 19.7 Å². The Balaban J connectivity index is 1.69. The standard InChI is InChI=1S/C20H24N2O4/c1-26-15-4-2-3-14-7-8-17(21-18(14)15)22-10-9-16(23)20(12-22,19(24)25)11-13-5-6-13/h2-4,7-8,13,16,23H,5-6,9-12H2,1H3,(H,24,25)/t16?,20-/m0/s1. The molecule has 0 bridgehead atoms. The monoisotopic (exact) mass is 356 g/mol. The van der Waals surface area contributed by atoms with E-state index < -0.39 is 17.5 Å². The van der Waals surface area contributed by atoms with Gasteiger partial charge in [0.05, 0.1) is 13.2 Å². The van der Waals surface area contributed by atoms with Crippen LogP contribution in [0.5, 0.6) is 5.75 Å². The van der Waals surface area contributed by atoms with Crippen LogP contribution in [0.15, 0.2) is 30.3 Å². The first-order valence-corrected chi connectivity index (χ1v) is 9.14. The number of para-hydroxylation sites is 1. The number of pyridine rings is 1. The highest BCUT2D eigenvalue weighted by molar-refractivity contribution is 5.86. The van der Waals surface area contributed by atoms with Crippen molar-refractivity contribution in [1.82, 2.24) is 4.98 Å². The van der Waals surface area contributed by atoms with Crippen LogP contribution < -0.4 is 9.64 Å². The molecule has 4 rings (SSSR count). The van der Waals surface area contributed by atoms with Crippen molar-refractivity contribution >= 4 is 22.7 Å². The molecule has 1 aromatic heterocycles. The van der Waals surface area contributed by atoms with Crippen LogP contribution in [0.25, 0.3) is 10.9 Å². The highest BCUT2D eigenvalue weighted by Crippen LogP contribution is 2.45. The SMILES string of the molecule is COc1cccc2ccc(N3CCC(O)[C@@](CC4CC4)(C(=O)O)C3)nc12. The smallest absolute Gasteiger partial charge is 0.314 e. The molecule has 26 heavy (non-hydrogen) atoms. The fraction of sp³-hybridized carbons (Fsp3) is 0.500. The van der Waals surface area contributed by atoms with Crippen molar-refractivity contribution in [3.63, 3.8) is 0 Å². The van der Waals surface area contributed by atoms with Crippen LogP contribution in [0.4, 0.5) is 5.82 Å². The number of carbonyl (C=O) groups is 1. The van der Waals surface area contributed by atoms with Gasteiger partial charge >= 0.3 is 5.97 Å². The van der Waals surface area contributed by atoms with Crippen LogP contribution in [0, 0.1) is 11.3 Å². The summed E-state index contributed by atoms with van der Waals surface area (Å²) >= 11 is 0. The van der Waals surface area contributed by atoms with Crippen molar-refractivity contribution in [2.24, 2.45) is 11.3 Å². The van der Waals surface area contributed by atoms with Gasteiger partial charge in [-0.15, -0.1) is 0 Å². The number of carboxylic acids is 1. The molecule has 0 spiro atoms. The third-order valence-corrected chi connectivity index (χ3v) is 5.77. The maximum Gasteiger partial charge on any atom is 0.314 e. The van der Waals surface area contributed by atoms with Gasteiger partial charge in [-0.25, -0.2) is 4.98 Å². The number of aliphatic hydroxyl groups is 1. The zero-order valence-corrected chi connectivity index (χ0v) is 14.9. The van der Waals surface area contributed by atoms with E-state index in [1.807, 2.05) is 35.2 Å². The number of hydrogen-bond acceptors (Lipinski definition) is 5. The maximum absolute atomic E-state index is 12.1. The Morgan fingerprint density at radius 1 is 1.31 bits per heavy atom. The minimum atomic E-state index is -1.11. The Kier molecular flexibility index (Phi) is 4.23. The molecule has 1 aromatic carbocycles. The van der Waals surface area contributed by atoms with Gasteiger partial charge in [0.2, 0.25) is 0 Å². The lowest BCUT2D eigenvalue weighted by Crippen LogP contribution is -2.56. The van der Waals surface area contributed by atoms with Crippen LogP contribution in [0.2, 0.25) is 0 Å². The van der Waals surface area contributed by atoms with Crippen LogP contribution in [0.1, 0.15) is 25.7 Å². The van der Waals surface area contributed by atoms with Crippen molar-refractivity contribution in [2.75, 3.05) is 25.1 Å². The van der Waals surface area contributed by atoms with E-state index in [9.17, 15) is 15.0 Å². The molecule has 6 nitrogen and oxygen atoms in total. The Hall–Kier alpha value is -2.34. The van der Waals surface area contributed by atoms with E-state index in [0.29, 0.717) is 31.1 Å². The van der Waals surface area contributed by atoms with Gasteiger partial charge in [0, 0.05) is 18.5 Å². The van der Waals surface area contributed by atoms with Crippen LogP contribution >= 0.6 is 0 Å². The molecule has 1 aliphatic carbocycles. The second kappa shape index (κ2) is 6.43. The maximum atomic E-state index is 12.1. The number of anilines is 1. The molecule has 6 heteroatoms. The number of aliphatic hydroxyl groups excluding tert-OH is 1. The number of methoxy groups -OCH3 is 1. The van der Waals surface area contributed by atoms with E-state index in [1.54, 1.807) is 7.11 Å². The van der Waals surface area contributed by atoms with Gasteiger partial charge in [0.15, 0.2) is 0 Å². The molecular weight excluding hydrogens is 332 g/mol. The number of fused-ring (bicyclic) bond motifs is 1. The van der Waals surface area contributed by atoms with Crippen LogP contribution in [-0.2, 0) is 4.79 Å². The number of aromatic nitrogens is 1. The summed E-state index contributed by atoms with van der Waals surface area (Å²) in [5, 5.41) is 21.4. The third-order valence-electron chi connectivity index (χ3n) is 5.77. The second-order valence-electron chi connectivity index (χ2n) is 7.54. The van der Waals surface area contributed by atoms with E-state index in [-0.39, 0.29) is 6.54 Å². The molecule has 2 heterocycles. The first-order chi connectivity index (χ1) is 12.5. The molecule has 2 aliphatic rings. The summed E-state index contributed by atoms with van der Waals surface area (Å²) in [5.41, 5.74) is -0.349. The number of rotatable bonds is 5. The molecule has 138 valence electrons. The molecule has 2 atom stereocenters. The van der Waals surface area contributed by atoms with E-state index in [4.69, 9.17) is 9.72 Å². The fourth-order valence-electron chi connectivity index (χ4n) is 4.06. The van der Waals surface area contributed by atoms with Gasteiger partial charge in [0.25, 0.3) is 0 Å². The number of benzene rings is 1. The zero-order valence-electron chi connectivity index (χ0n) is 14.9. The summed E-state index contributed by atoms with van der Waals surface area (Å²) < 4.78 is 5.41. The van der Waals surface area contributed by atoms with E-state index in [2.05, 4.69) is 0 Å². The summed E-state index contributed by atoms with van der Waals surface area (Å²) in [6, 6.07) is 9.67. The first kappa shape index (κ1) is 17.1. The fourth-order valence-corrected chi connectivity index (χ4v) is 4.06. The quantitative estimate of drug-likeness (QED) is 0.857. The number of nitrogens with zero attached hydrogens (tertiary/aromatic N) is 2. The van der Waals surface area contributed by atoms with Gasteiger partial charge in [-0.1, -0.05) is 25.0 Å². The Morgan fingerprint density at radius 3 is 2.81 bits per heavy atom. The van der Waals surface area contributed by atoms with E-state index in [0.717, 1.165) is 29.6 Å². The molecular formula is C20H24N2O4. The highest BCUT2D eigenvalue weighted by atomic mass is 16.5. The van der Waals surface area contributed by atoms with Crippen molar-refractivity contribution in [1.29, 1.82) is 0 Å². The lowest BCUT2D eigenvalue weighted by molar-refractivity contribution is -0.158. The molecule has 1 saturated carbocycles. The molecule has 2 fully saturated rings. The molecule has 1 unspecified atom stereocenters. The second-order valence-corrected chi connectivity index (χ2v) is 7.54. The van der Waals surface area contributed by atoms with Gasteiger partial charge in [-0.05, 0) is 37.0 Å². The number of aliphatic carboxylic acids is 1. The highest BCUT2D eigenvalue weighted by Gasteiger charge is 2.51.